The molecule has 2 aromatic rings. The van der Waals surface area contributed by atoms with E-state index in [0.29, 0.717) is 18.3 Å². The number of aryl methyl sites for hydroxylation is 1. The van der Waals surface area contributed by atoms with E-state index in [9.17, 15) is 4.79 Å². The summed E-state index contributed by atoms with van der Waals surface area (Å²) < 4.78 is 1.91. The molecule has 0 spiro atoms. The molecule has 1 saturated carbocycles. The summed E-state index contributed by atoms with van der Waals surface area (Å²) in [7, 11) is 0. The van der Waals surface area contributed by atoms with Crippen LogP contribution in [0.3, 0.4) is 0 Å². The molecule has 1 aliphatic heterocycles. The molecule has 6 nitrogen and oxygen atoms in total. The van der Waals surface area contributed by atoms with Crippen molar-refractivity contribution in [1.29, 1.82) is 0 Å². The maximum atomic E-state index is 12.4. The van der Waals surface area contributed by atoms with Crippen LogP contribution in [0.2, 0.25) is 0 Å². The monoisotopic (exact) mass is 381 g/mol. The normalized spacial score (nSPS) is 17.8. The van der Waals surface area contributed by atoms with Crippen molar-refractivity contribution in [2.45, 2.75) is 63.8 Å². The third-order valence-corrected chi connectivity index (χ3v) is 6.04. The highest BCUT2D eigenvalue weighted by atomic mass is 16.2. The molecule has 0 bridgehead atoms. The first-order valence-corrected chi connectivity index (χ1v) is 10.8. The van der Waals surface area contributed by atoms with Crippen LogP contribution in [0, 0.1) is 0 Å². The van der Waals surface area contributed by atoms with Crippen molar-refractivity contribution in [3.05, 3.63) is 41.7 Å². The number of hydrogen-bond acceptors (Lipinski definition) is 4. The van der Waals surface area contributed by atoms with Gasteiger partial charge in [0.05, 0.1) is 12.2 Å². The number of nitrogens with one attached hydrogen (secondary N) is 1. The van der Waals surface area contributed by atoms with E-state index in [1.807, 2.05) is 10.9 Å². The Morgan fingerprint density at radius 2 is 1.93 bits per heavy atom. The lowest BCUT2D eigenvalue weighted by atomic mass is 10.0. The lowest BCUT2D eigenvalue weighted by molar-refractivity contribution is 0.0948. The molecule has 150 valence electrons. The summed E-state index contributed by atoms with van der Waals surface area (Å²) in [6.07, 6.45) is 12.5. The van der Waals surface area contributed by atoms with Crippen molar-refractivity contribution >= 4 is 11.6 Å². The van der Waals surface area contributed by atoms with Gasteiger partial charge in [0.25, 0.3) is 5.91 Å². The molecule has 1 aromatic heterocycles. The predicted molar refractivity (Wildman–Crippen MR) is 111 cm³/mol. The summed E-state index contributed by atoms with van der Waals surface area (Å²) in [6.45, 7) is 2.72. The maximum absolute atomic E-state index is 12.4. The number of nitrogens with zero attached hydrogens (tertiary/aromatic N) is 4. The fourth-order valence-corrected chi connectivity index (χ4v) is 4.49. The molecule has 2 aliphatic rings. The van der Waals surface area contributed by atoms with E-state index in [1.54, 1.807) is 0 Å². The van der Waals surface area contributed by atoms with Gasteiger partial charge in [0.1, 0.15) is 0 Å². The van der Waals surface area contributed by atoms with Crippen molar-refractivity contribution in [3.8, 4) is 0 Å². The van der Waals surface area contributed by atoms with Crippen LogP contribution in [0.25, 0.3) is 0 Å². The van der Waals surface area contributed by atoms with E-state index >= 15 is 0 Å². The number of amides is 1. The number of fused-ring (bicyclic) bond motifs is 1. The third-order valence-electron chi connectivity index (χ3n) is 6.04. The van der Waals surface area contributed by atoms with E-state index in [1.165, 1.54) is 49.8 Å². The van der Waals surface area contributed by atoms with Crippen molar-refractivity contribution in [3.63, 3.8) is 0 Å². The molecule has 0 unspecified atom stereocenters. The molecule has 0 saturated heterocycles. The van der Waals surface area contributed by atoms with Gasteiger partial charge in [-0.15, -0.1) is 5.10 Å². The standard InChI is InChI=1S/C22H31N5O/c28-22(20-17-27(25-24-20)19-11-3-1-2-4-12-19)23-14-8-16-26-15-7-10-18-9-5-6-13-21(18)26/h5-6,9,13,17,19H,1-4,7-8,10-12,14-16H2,(H,23,28). The number of carbonyl (C=O) groups is 1. The number of carbonyl (C=O) groups excluding carboxylic acids is 1. The molecule has 0 atom stereocenters. The van der Waals surface area contributed by atoms with Crippen LogP contribution in [-0.2, 0) is 6.42 Å². The summed E-state index contributed by atoms with van der Waals surface area (Å²) in [4.78, 5) is 14.9. The molecule has 2 heterocycles. The molecule has 1 aromatic carbocycles. The average Bonchev–Trinajstić information content (AvgIpc) is 3.07. The summed E-state index contributed by atoms with van der Waals surface area (Å²) in [6, 6.07) is 9.05. The molecule has 28 heavy (non-hydrogen) atoms. The fraction of sp³-hybridized carbons (Fsp3) is 0.591. The Kier molecular flexibility index (Phi) is 6.24. The van der Waals surface area contributed by atoms with Crippen LogP contribution < -0.4 is 10.2 Å². The number of aromatic nitrogens is 3. The van der Waals surface area contributed by atoms with Crippen molar-refractivity contribution in [2.24, 2.45) is 0 Å². The van der Waals surface area contributed by atoms with Crippen LogP contribution in [-0.4, -0.2) is 40.5 Å². The van der Waals surface area contributed by atoms with Crippen molar-refractivity contribution in [2.75, 3.05) is 24.5 Å². The van der Waals surface area contributed by atoms with Gasteiger partial charge in [-0.2, -0.15) is 0 Å². The second-order valence-electron chi connectivity index (χ2n) is 8.06. The van der Waals surface area contributed by atoms with Gasteiger partial charge in [0.15, 0.2) is 5.69 Å². The number of para-hydroxylation sites is 1. The maximum Gasteiger partial charge on any atom is 0.273 e. The number of hydrogen-bond donors (Lipinski definition) is 1. The lowest BCUT2D eigenvalue weighted by Gasteiger charge is -2.31. The quantitative estimate of drug-likeness (QED) is 0.611. The molecule has 1 aliphatic carbocycles. The average molecular weight is 382 g/mol. The Morgan fingerprint density at radius 1 is 1.11 bits per heavy atom. The van der Waals surface area contributed by atoms with E-state index in [4.69, 9.17) is 0 Å². The second-order valence-corrected chi connectivity index (χ2v) is 8.06. The minimum absolute atomic E-state index is 0.112. The molecule has 6 heteroatoms. The van der Waals surface area contributed by atoms with E-state index < -0.39 is 0 Å². The number of rotatable bonds is 6. The minimum atomic E-state index is -0.112. The van der Waals surface area contributed by atoms with E-state index in [-0.39, 0.29) is 5.91 Å². The Bertz CT molecular complexity index is 779. The van der Waals surface area contributed by atoms with Crippen LogP contribution >= 0.6 is 0 Å². The zero-order valence-corrected chi connectivity index (χ0v) is 16.6. The molecule has 1 N–H and O–H groups in total. The second kappa shape index (κ2) is 9.22. The molecular weight excluding hydrogens is 350 g/mol. The van der Waals surface area contributed by atoms with Gasteiger partial charge in [0.2, 0.25) is 0 Å². The van der Waals surface area contributed by atoms with Gasteiger partial charge in [-0.25, -0.2) is 4.68 Å². The van der Waals surface area contributed by atoms with Gasteiger partial charge in [-0.1, -0.05) is 49.1 Å². The highest BCUT2D eigenvalue weighted by molar-refractivity contribution is 5.91. The Morgan fingerprint density at radius 3 is 2.79 bits per heavy atom. The Labute approximate surface area is 167 Å². The summed E-state index contributed by atoms with van der Waals surface area (Å²) in [5, 5.41) is 11.3. The van der Waals surface area contributed by atoms with E-state index in [2.05, 4.69) is 44.8 Å². The van der Waals surface area contributed by atoms with Crippen molar-refractivity contribution < 1.29 is 4.79 Å². The third kappa shape index (κ3) is 4.54. The zero-order valence-electron chi connectivity index (χ0n) is 16.6. The SMILES string of the molecule is O=C(NCCCN1CCCc2ccccc21)c1cn(C2CCCCCC2)nn1. The summed E-state index contributed by atoms with van der Waals surface area (Å²) in [5.74, 6) is -0.112. The van der Waals surface area contributed by atoms with Crippen LogP contribution in [0.5, 0.6) is 0 Å². The molecular formula is C22H31N5O. The highest BCUT2D eigenvalue weighted by Crippen LogP contribution is 2.27. The summed E-state index contributed by atoms with van der Waals surface area (Å²) >= 11 is 0. The van der Waals surface area contributed by atoms with Gasteiger partial charge in [-0.05, 0) is 43.7 Å². The van der Waals surface area contributed by atoms with Gasteiger partial charge < -0.3 is 10.2 Å². The molecule has 1 amide bonds. The van der Waals surface area contributed by atoms with Crippen LogP contribution in [0.1, 0.15) is 73.5 Å². The first-order chi connectivity index (χ1) is 13.8. The minimum Gasteiger partial charge on any atom is -0.371 e. The fourth-order valence-electron chi connectivity index (χ4n) is 4.49. The first kappa shape index (κ1) is 19.0. The van der Waals surface area contributed by atoms with Crippen molar-refractivity contribution in [1.82, 2.24) is 20.3 Å². The van der Waals surface area contributed by atoms with Gasteiger partial charge in [0, 0.05) is 25.3 Å². The zero-order chi connectivity index (χ0) is 19.2. The molecule has 1 fully saturated rings. The predicted octanol–water partition coefficient (Wildman–Crippen LogP) is 3.75. The van der Waals surface area contributed by atoms with Crippen LogP contribution in [0.4, 0.5) is 5.69 Å². The number of benzene rings is 1. The molecule has 0 radical (unpaired) electrons. The highest BCUT2D eigenvalue weighted by Gasteiger charge is 2.19. The van der Waals surface area contributed by atoms with Gasteiger partial charge in [-0.3, -0.25) is 4.79 Å². The molecule has 4 rings (SSSR count). The van der Waals surface area contributed by atoms with Gasteiger partial charge >= 0.3 is 0 Å². The smallest absolute Gasteiger partial charge is 0.273 e. The Balaban J connectivity index is 1.24. The largest absolute Gasteiger partial charge is 0.371 e. The first-order valence-electron chi connectivity index (χ1n) is 10.8. The summed E-state index contributed by atoms with van der Waals surface area (Å²) in [5.41, 5.74) is 3.23. The number of anilines is 1. The topological polar surface area (TPSA) is 63.1 Å². The van der Waals surface area contributed by atoms with E-state index in [0.717, 1.165) is 32.4 Å². The lowest BCUT2D eigenvalue weighted by Crippen LogP contribution is -2.33. The van der Waals surface area contributed by atoms with Crippen LogP contribution in [0.15, 0.2) is 30.5 Å². The Hall–Kier alpha value is -2.37.